The van der Waals surface area contributed by atoms with Crippen molar-refractivity contribution in [2.24, 2.45) is 0 Å². The number of carbonyl (C=O) groups is 1. The van der Waals surface area contributed by atoms with Crippen LogP contribution in [0.15, 0.2) is 72.8 Å². The number of para-hydroxylation sites is 1. The lowest BCUT2D eigenvalue weighted by Gasteiger charge is -2.10. The molecule has 0 heterocycles. The van der Waals surface area contributed by atoms with E-state index in [-0.39, 0.29) is 0 Å². The maximum atomic E-state index is 11.1. The fraction of sp³-hybridized carbons (Fsp3) is 0.0500. The molecule has 0 aliphatic rings. The van der Waals surface area contributed by atoms with Crippen LogP contribution in [0.1, 0.15) is 11.1 Å². The molecular weight excluding hydrogens is 300 g/mol. The highest BCUT2D eigenvalue weighted by atomic mass is 16.5. The summed E-state index contributed by atoms with van der Waals surface area (Å²) < 4.78 is 0. The normalized spacial score (nSPS) is 10.9. The summed E-state index contributed by atoms with van der Waals surface area (Å²) in [7, 11) is 0. The van der Waals surface area contributed by atoms with Crippen LogP contribution in [0.25, 0.3) is 16.8 Å². The largest absolute Gasteiger partial charge is 0.380 e. The number of amides is 1. The first-order valence-electron chi connectivity index (χ1n) is 7.69. The molecule has 3 aromatic rings. The van der Waals surface area contributed by atoms with E-state index in [2.05, 4.69) is 35.6 Å². The molecule has 0 radical (unpaired) electrons. The summed E-state index contributed by atoms with van der Waals surface area (Å²) in [4.78, 5) is 11.1. The van der Waals surface area contributed by atoms with Gasteiger partial charge in [0.05, 0.1) is 0 Å². The number of rotatable bonds is 5. The molecule has 4 heteroatoms. The minimum atomic E-state index is -0.556. The predicted molar refractivity (Wildman–Crippen MR) is 96.7 cm³/mol. The fourth-order valence-electron chi connectivity index (χ4n) is 2.55. The molecule has 1 amide bonds. The number of fused-ring (bicyclic) bond motifs is 1. The molecule has 0 unspecified atom stereocenters. The Morgan fingerprint density at radius 3 is 2.54 bits per heavy atom. The number of benzene rings is 3. The molecule has 0 aromatic heterocycles. The maximum Gasteiger partial charge on any atom is 0.267 e. The molecule has 3 N–H and O–H groups in total. The highest BCUT2D eigenvalue weighted by Gasteiger charge is 2.01. The van der Waals surface area contributed by atoms with Crippen molar-refractivity contribution in [2.75, 3.05) is 5.32 Å². The van der Waals surface area contributed by atoms with Crippen molar-refractivity contribution in [3.63, 3.8) is 0 Å². The Kier molecular flexibility index (Phi) is 4.89. The zero-order chi connectivity index (χ0) is 16.8. The van der Waals surface area contributed by atoms with Crippen LogP contribution in [-0.4, -0.2) is 11.1 Å². The second kappa shape index (κ2) is 7.44. The highest BCUT2D eigenvalue weighted by Crippen LogP contribution is 2.20. The summed E-state index contributed by atoms with van der Waals surface area (Å²) in [6, 6.07) is 22.3. The van der Waals surface area contributed by atoms with Crippen molar-refractivity contribution in [3.05, 3.63) is 83.9 Å². The molecule has 0 saturated carbocycles. The van der Waals surface area contributed by atoms with E-state index in [4.69, 9.17) is 5.21 Å². The van der Waals surface area contributed by atoms with Gasteiger partial charge in [-0.3, -0.25) is 10.0 Å². The molecule has 3 aromatic carbocycles. The Balaban J connectivity index is 1.76. The number of hydrogen-bond donors (Lipinski definition) is 3. The first-order valence-corrected chi connectivity index (χ1v) is 7.69. The first kappa shape index (κ1) is 15.8. The highest BCUT2D eigenvalue weighted by molar-refractivity contribution is 5.91. The van der Waals surface area contributed by atoms with Gasteiger partial charge in [0.2, 0.25) is 0 Å². The maximum absolute atomic E-state index is 11.1. The Morgan fingerprint density at radius 2 is 1.71 bits per heavy atom. The quantitative estimate of drug-likeness (QED) is 0.379. The van der Waals surface area contributed by atoms with Gasteiger partial charge in [-0.05, 0) is 40.1 Å². The van der Waals surface area contributed by atoms with Gasteiger partial charge < -0.3 is 5.32 Å². The van der Waals surface area contributed by atoms with Crippen LogP contribution >= 0.6 is 0 Å². The summed E-state index contributed by atoms with van der Waals surface area (Å²) in [6.07, 6.45) is 2.95. The van der Waals surface area contributed by atoms with Crippen LogP contribution in [0.4, 0.5) is 5.69 Å². The molecule has 0 spiro atoms. The van der Waals surface area contributed by atoms with Crippen molar-refractivity contribution in [1.82, 2.24) is 5.48 Å². The average molecular weight is 318 g/mol. The predicted octanol–water partition coefficient (Wildman–Crippen LogP) is 3.97. The minimum Gasteiger partial charge on any atom is -0.380 e. The van der Waals surface area contributed by atoms with E-state index in [0.717, 1.165) is 11.3 Å². The molecule has 0 atom stereocenters. The standard InChI is InChI=1S/C20H18N2O2/c23-20(22-24)12-11-17-6-3-4-8-19(17)21-14-15-9-10-16-5-1-2-7-18(16)13-15/h1-13,21,24H,14H2,(H,22,23). The second-order valence-corrected chi connectivity index (χ2v) is 5.43. The third-order valence-electron chi connectivity index (χ3n) is 3.78. The lowest BCUT2D eigenvalue weighted by molar-refractivity contribution is -0.124. The summed E-state index contributed by atoms with van der Waals surface area (Å²) in [6.45, 7) is 0.682. The number of carbonyl (C=O) groups excluding carboxylic acids is 1. The summed E-state index contributed by atoms with van der Waals surface area (Å²) in [5, 5.41) is 14.4. The summed E-state index contributed by atoms with van der Waals surface area (Å²) in [5.74, 6) is -0.556. The zero-order valence-electron chi connectivity index (χ0n) is 13.1. The van der Waals surface area contributed by atoms with Crippen molar-refractivity contribution < 1.29 is 10.0 Å². The van der Waals surface area contributed by atoms with Gasteiger partial charge in [0.15, 0.2) is 0 Å². The van der Waals surface area contributed by atoms with E-state index in [1.54, 1.807) is 11.6 Å². The molecule has 3 rings (SSSR count). The monoisotopic (exact) mass is 318 g/mol. The van der Waals surface area contributed by atoms with Gasteiger partial charge in [-0.25, -0.2) is 5.48 Å². The van der Waals surface area contributed by atoms with E-state index in [9.17, 15) is 4.79 Å². The summed E-state index contributed by atoms with van der Waals surface area (Å²) >= 11 is 0. The van der Waals surface area contributed by atoms with Crippen molar-refractivity contribution in [2.45, 2.75) is 6.54 Å². The fourth-order valence-corrected chi connectivity index (χ4v) is 2.55. The van der Waals surface area contributed by atoms with Gasteiger partial charge in [0.25, 0.3) is 5.91 Å². The van der Waals surface area contributed by atoms with Crippen molar-refractivity contribution >= 4 is 28.4 Å². The van der Waals surface area contributed by atoms with Gasteiger partial charge >= 0.3 is 0 Å². The molecule has 4 nitrogen and oxygen atoms in total. The minimum absolute atomic E-state index is 0.556. The van der Waals surface area contributed by atoms with Crippen LogP contribution in [0.3, 0.4) is 0 Å². The van der Waals surface area contributed by atoms with E-state index in [0.29, 0.717) is 6.54 Å². The lowest BCUT2D eigenvalue weighted by atomic mass is 10.1. The van der Waals surface area contributed by atoms with E-state index in [1.807, 2.05) is 36.4 Å². The number of hydroxylamine groups is 1. The Bertz CT molecular complexity index is 887. The van der Waals surface area contributed by atoms with Crippen LogP contribution in [0.5, 0.6) is 0 Å². The number of nitrogens with one attached hydrogen (secondary N) is 2. The molecule has 0 aliphatic carbocycles. The molecule has 0 aliphatic heterocycles. The van der Waals surface area contributed by atoms with Gasteiger partial charge in [-0.2, -0.15) is 0 Å². The van der Waals surface area contributed by atoms with Crippen LogP contribution in [0, 0.1) is 0 Å². The van der Waals surface area contributed by atoms with Gasteiger partial charge in [-0.15, -0.1) is 0 Å². The van der Waals surface area contributed by atoms with Crippen LogP contribution < -0.4 is 10.8 Å². The lowest BCUT2D eigenvalue weighted by Crippen LogP contribution is -2.14. The molecule has 0 saturated heterocycles. The van der Waals surface area contributed by atoms with Crippen molar-refractivity contribution in [1.29, 1.82) is 0 Å². The van der Waals surface area contributed by atoms with Crippen LogP contribution in [0.2, 0.25) is 0 Å². The van der Waals surface area contributed by atoms with Gasteiger partial charge in [-0.1, -0.05) is 54.6 Å². The Hall–Kier alpha value is -3.11. The van der Waals surface area contributed by atoms with E-state index < -0.39 is 5.91 Å². The molecular formula is C20H18N2O2. The summed E-state index contributed by atoms with van der Waals surface area (Å²) in [5.41, 5.74) is 4.56. The van der Waals surface area contributed by atoms with Gasteiger partial charge in [0.1, 0.15) is 0 Å². The molecule has 0 fully saturated rings. The number of hydrogen-bond acceptors (Lipinski definition) is 3. The third kappa shape index (κ3) is 3.80. The third-order valence-corrected chi connectivity index (χ3v) is 3.78. The zero-order valence-corrected chi connectivity index (χ0v) is 13.1. The molecule has 24 heavy (non-hydrogen) atoms. The Morgan fingerprint density at radius 1 is 0.958 bits per heavy atom. The second-order valence-electron chi connectivity index (χ2n) is 5.43. The number of anilines is 1. The van der Waals surface area contributed by atoms with E-state index >= 15 is 0 Å². The average Bonchev–Trinajstić information content (AvgIpc) is 2.64. The topological polar surface area (TPSA) is 61.4 Å². The molecule has 120 valence electrons. The smallest absolute Gasteiger partial charge is 0.267 e. The Labute approximate surface area is 140 Å². The SMILES string of the molecule is O=C(C=Cc1ccccc1NCc1ccc2ccccc2c1)NO. The molecule has 0 bridgehead atoms. The van der Waals surface area contributed by atoms with Crippen LogP contribution in [-0.2, 0) is 11.3 Å². The first-order chi connectivity index (χ1) is 11.8. The van der Waals surface area contributed by atoms with Gasteiger partial charge in [0, 0.05) is 18.3 Å². The van der Waals surface area contributed by atoms with E-state index in [1.165, 1.54) is 22.4 Å². The van der Waals surface area contributed by atoms with Crippen molar-refractivity contribution in [3.8, 4) is 0 Å².